The largest absolute Gasteiger partial charge is 0.408 e. The van der Waals surface area contributed by atoms with Gasteiger partial charge in [-0.05, 0) is 12.0 Å². The Morgan fingerprint density at radius 2 is 2.00 bits per heavy atom. The fourth-order valence-electron chi connectivity index (χ4n) is 1.63. The van der Waals surface area contributed by atoms with Crippen molar-refractivity contribution in [3.8, 4) is 0 Å². The molecular weight excluding hydrogens is 190 g/mol. The van der Waals surface area contributed by atoms with Gasteiger partial charge in [-0.3, -0.25) is 0 Å². The zero-order chi connectivity index (χ0) is 10.7. The Kier molecular flexibility index (Phi) is 2.67. The van der Waals surface area contributed by atoms with Crippen molar-refractivity contribution >= 4 is 6.01 Å². The molecule has 2 rings (SSSR count). The van der Waals surface area contributed by atoms with Gasteiger partial charge < -0.3 is 10.2 Å². The highest BCUT2D eigenvalue weighted by atomic mass is 16.4. The van der Waals surface area contributed by atoms with Crippen molar-refractivity contribution in [3.63, 3.8) is 0 Å². The maximum atomic E-state index is 5.41. The van der Waals surface area contributed by atoms with Crippen molar-refractivity contribution in [3.05, 3.63) is 41.8 Å². The Bertz CT molecular complexity index is 424. The van der Waals surface area contributed by atoms with Gasteiger partial charge in [-0.25, -0.2) is 0 Å². The summed E-state index contributed by atoms with van der Waals surface area (Å²) in [5, 5.41) is 7.59. The molecule has 0 fully saturated rings. The number of anilines is 1. The molecule has 0 saturated heterocycles. The molecule has 0 aliphatic carbocycles. The summed E-state index contributed by atoms with van der Waals surface area (Å²) in [6, 6.07) is 10.2. The smallest absolute Gasteiger partial charge is 0.312 e. The lowest BCUT2D eigenvalue weighted by molar-refractivity contribution is 0.477. The van der Waals surface area contributed by atoms with Gasteiger partial charge in [0.25, 0.3) is 0 Å². The number of nitrogens with two attached hydrogens (primary N) is 1. The first-order valence-corrected chi connectivity index (χ1v) is 4.95. The summed E-state index contributed by atoms with van der Waals surface area (Å²) >= 11 is 0. The molecule has 78 valence electrons. The van der Waals surface area contributed by atoms with E-state index < -0.39 is 0 Å². The molecule has 4 heteroatoms. The van der Waals surface area contributed by atoms with E-state index in [2.05, 4.69) is 29.3 Å². The number of hydrogen-bond donors (Lipinski definition) is 1. The maximum Gasteiger partial charge on any atom is 0.312 e. The van der Waals surface area contributed by atoms with Crippen LogP contribution in [0, 0.1) is 0 Å². The van der Waals surface area contributed by atoms with Crippen molar-refractivity contribution in [1.29, 1.82) is 0 Å². The van der Waals surface area contributed by atoms with Crippen LogP contribution in [0.3, 0.4) is 0 Å². The molecule has 0 saturated carbocycles. The van der Waals surface area contributed by atoms with Crippen LogP contribution < -0.4 is 5.73 Å². The van der Waals surface area contributed by atoms with Gasteiger partial charge in [-0.1, -0.05) is 42.4 Å². The zero-order valence-corrected chi connectivity index (χ0v) is 8.55. The molecule has 1 heterocycles. The fourth-order valence-corrected chi connectivity index (χ4v) is 1.63. The predicted molar refractivity (Wildman–Crippen MR) is 57.3 cm³/mol. The molecule has 0 spiro atoms. The highest BCUT2D eigenvalue weighted by Gasteiger charge is 2.17. The van der Waals surface area contributed by atoms with Crippen molar-refractivity contribution < 1.29 is 4.42 Å². The van der Waals surface area contributed by atoms with Gasteiger partial charge in [0.1, 0.15) is 0 Å². The molecule has 0 aliphatic rings. The minimum Gasteiger partial charge on any atom is -0.408 e. The summed E-state index contributed by atoms with van der Waals surface area (Å²) in [5.41, 5.74) is 6.58. The second-order valence-electron chi connectivity index (χ2n) is 3.35. The minimum absolute atomic E-state index is 0.124. The summed E-state index contributed by atoms with van der Waals surface area (Å²) in [4.78, 5) is 0. The van der Waals surface area contributed by atoms with Gasteiger partial charge in [-0.2, -0.15) is 0 Å². The lowest BCUT2D eigenvalue weighted by Crippen LogP contribution is -1.99. The summed E-state index contributed by atoms with van der Waals surface area (Å²) in [6.45, 7) is 2.08. The summed E-state index contributed by atoms with van der Waals surface area (Å²) < 4.78 is 5.25. The van der Waals surface area contributed by atoms with Gasteiger partial charge in [0.15, 0.2) is 0 Å². The molecule has 15 heavy (non-hydrogen) atoms. The SMILES string of the molecule is CC[C@H](c1ccccc1)c1nnc(N)o1. The quantitative estimate of drug-likeness (QED) is 0.830. The third-order valence-electron chi connectivity index (χ3n) is 2.36. The predicted octanol–water partition coefficient (Wildman–Crippen LogP) is 2.19. The van der Waals surface area contributed by atoms with E-state index >= 15 is 0 Å². The number of nitrogen functional groups attached to an aromatic ring is 1. The van der Waals surface area contributed by atoms with Crippen LogP contribution in [0.1, 0.15) is 30.7 Å². The van der Waals surface area contributed by atoms with E-state index in [0.29, 0.717) is 5.89 Å². The first-order chi connectivity index (χ1) is 7.31. The van der Waals surface area contributed by atoms with E-state index in [1.165, 1.54) is 5.56 Å². The van der Waals surface area contributed by atoms with E-state index in [4.69, 9.17) is 10.2 Å². The topological polar surface area (TPSA) is 64.9 Å². The Labute approximate surface area is 88.1 Å². The summed E-state index contributed by atoms with van der Waals surface area (Å²) in [5.74, 6) is 0.720. The normalized spacial score (nSPS) is 12.6. The van der Waals surface area contributed by atoms with Crippen LogP contribution in [0.25, 0.3) is 0 Å². The van der Waals surface area contributed by atoms with Gasteiger partial charge in [-0.15, -0.1) is 5.10 Å². The Morgan fingerprint density at radius 1 is 1.27 bits per heavy atom. The summed E-state index contributed by atoms with van der Waals surface area (Å²) in [7, 11) is 0. The van der Waals surface area contributed by atoms with Crippen molar-refractivity contribution in [2.24, 2.45) is 0 Å². The van der Waals surface area contributed by atoms with Gasteiger partial charge in [0.05, 0.1) is 5.92 Å². The second kappa shape index (κ2) is 4.13. The van der Waals surface area contributed by atoms with E-state index in [0.717, 1.165) is 6.42 Å². The summed E-state index contributed by atoms with van der Waals surface area (Å²) in [6.07, 6.45) is 0.908. The molecule has 0 unspecified atom stereocenters. The van der Waals surface area contributed by atoms with Gasteiger partial charge in [0, 0.05) is 0 Å². The molecule has 2 aromatic rings. The molecule has 0 bridgehead atoms. The minimum atomic E-state index is 0.124. The first kappa shape index (κ1) is 9.71. The van der Waals surface area contributed by atoms with E-state index in [1.807, 2.05) is 18.2 Å². The fraction of sp³-hybridized carbons (Fsp3) is 0.273. The average molecular weight is 203 g/mol. The molecule has 1 aromatic carbocycles. The van der Waals surface area contributed by atoms with E-state index in [1.54, 1.807) is 0 Å². The molecule has 0 radical (unpaired) electrons. The number of benzene rings is 1. The number of hydrogen-bond acceptors (Lipinski definition) is 4. The maximum absolute atomic E-state index is 5.41. The highest BCUT2D eigenvalue weighted by Crippen LogP contribution is 2.26. The number of rotatable bonds is 3. The lowest BCUT2D eigenvalue weighted by Gasteiger charge is -2.09. The number of nitrogens with zero attached hydrogens (tertiary/aromatic N) is 2. The first-order valence-electron chi connectivity index (χ1n) is 4.95. The highest BCUT2D eigenvalue weighted by molar-refractivity contribution is 5.24. The molecule has 0 amide bonds. The van der Waals surface area contributed by atoms with Crippen molar-refractivity contribution in [1.82, 2.24) is 10.2 Å². The third-order valence-corrected chi connectivity index (χ3v) is 2.36. The van der Waals surface area contributed by atoms with Crippen LogP contribution in [0.2, 0.25) is 0 Å². The second-order valence-corrected chi connectivity index (χ2v) is 3.35. The monoisotopic (exact) mass is 203 g/mol. The standard InChI is InChI=1S/C11H13N3O/c1-2-9(8-6-4-3-5-7-8)10-13-14-11(12)15-10/h3-7,9H,2H2,1H3,(H2,12,14)/t9-/m1/s1. The third kappa shape index (κ3) is 1.98. The van der Waals surface area contributed by atoms with Crippen LogP contribution in [0.4, 0.5) is 6.01 Å². The van der Waals surface area contributed by atoms with Crippen LogP contribution in [0.5, 0.6) is 0 Å². The molecule has 0 aliphatic heterocycles. The van der Waals surface area contributed by atoms with Crippen molar-refractivity contribution in [2.75, 3.05) is 5.73 Å². The molecule has 2 N–H and O–H groups in total. The zero-order valence-electron chi connectivity index (χ0n) is 8.55. The Morgan fingerprint density at radius 3 is 2.53 bits per heavy atom. The Balaban J connectivity index is 2.33. The van der Waals surface area contributed by atoms with Crippen LogP contribution in [-0.4, -0.2) is 10.2 Å². The Hall–Kier alpha value is -1.84. The lowest BCUT2D eigenvalue weighted by atomic mass is 9.97. The number of aromatic nitrogens is 2. The molecule has 1 atom stereocenters. The molecule has 1 aromatic heterocycles. The van der Waals surface area contributed by atoms with Crippen LogP contribution >= 0.6 is 0 Å². The molecule has 4 nitrogen and oxygen atoms in total. The van der Waals surface area contributed by atoms with Crippen molar-refractivity contribution in [2.45, 2.75) is 19.3 Å². The van der Waals surface area contributed by atoms with E-state index in [-0.39, 0.29) is 11.9 Å². The van der Waals surface area contributed by atoms with Gasteiger partial charge in [0.2, 0.25) is 5.89 Å². The van der Waals surface area contributed by atoms with Crippen LogP contribution in [0.15, 0.2) is 34.7 Å². The van der Waals surface area contributed by atoms with Crippen LogP contribution in [-0.2, 0) is 0 Å². The van der Waals surface area contributed by atoms with E-state index in [9.17, 15) is 0 Å². The molecular formula is C11H13N3O. The van der Waals surface area contributed by atoms with Gasteiger partial charge >= 0.3 is 6.01 Å². The average Bonchev–Trinajstić information content (AvgIpc) is 2.68.